The summed E-state index contributed by atoms with van der Waals surface area (Å²) in [5, 5.41) is 18.8. The maximum atomic E-state index is 11.2. The molecule has 0 atom stereocenters. The van der Waals surface area contributed by atoms with Crippen molar-refractivity contribution in [1.82, 2.24) is 4.68 Å². The maximum Gasteiger partial charge on any atom is 0.288 e. The molecule has 3 rings (SSSR count). The Hall–Kier alpha value is -2.19. The van der Waals surface area contributed by atoms with E-state index in [1.807, 2.05) is 5.38 Å². The highest BCUT2D eigenvalue weighted by atomic mass is 35.5. The average molecular weight is 456 g/mol. The summed E-state index contributed by atoms with van der Waals surface area (Å²) >= 11 is 19.6. The molecule has 0 bridgehead atoms. The van der Waals surface area contributed by atoms with Crippen LogP contribution in [0.5, 0.6) is 0 Å². The van der Waals surface area contributed by atoms with Crippen molar-refractivity contribution in [1.29, 1.82) is 0 Å². The van der Waals surface area contributed by atoms with Crippen LogP contribution >= 0.6 is 46.1 Å². The van der Waals surface area contributed by atoms with E-state index in [2.05, 4.69) is 10.1 Å². The Labute approximate surface area is 179 Å². The predicted octanol–water partition coefficient (Wildman–Crippen LogP) is 5.89. The van der Waals surface area contributed by atoms with Crippen LogP contribution in [0.25, 0.3) is 11.3 Å². The molecule has 0 aliphatic heterocycles. The third-order valence-corrected chi connectivity index (χ3v) is 5.67. The SMILES string of the molecule is CN=c1scc(-c2ccc(Cl)cc2Cl)n1N=C(C)c1ccc(Cl)c([N+](=O)[O-])c1. The van der Waals surface area contributed by atoms with Gasteiger partial charge in [-0.25, -0.2) is 4.68 Å². The maximum absolute atomic E-state index is 11.2. The fourth-order valence-electron chi connectivity index (χ4n) is 2.52. The summed E-state index contributed by atoms with van der Waals surface area (Å²) in [6, 6.07) is 9.76. The van der Waals surface area contributed by atoms with E-state index in [9.17, 15) is 10.1 Å². The monoisotopic (exact) mass is 454 g/mol. The number of halogens is 3. The van der Waals surface area contributed by atoms with Crippen molar-refractivity contribution in [3.8, 4) is 11.3 Å². The molecule has 28 heavy (non-hydrogen) atoms. The first-order chi connectivity index (χ1) is 13.3. The Morgan fingerprint density at radius 3 is 2.54 bits per heavy atom. The van der Waals surface area contributed by atoms with Crippen LogP contribution in [0, 0.1) is 10.1 Å². The Morgan fingerprint density at radius 1 is 1.14 bits per heavy atom. The molecule has 0 fully saturated rings. The first-order valence-electron chi connectivity index (χ1n) is 7.90. The second-order valence-corrected chi connectivity index (χ2v) is 7.76. The number of nitro benzene ring substituents is 1. The highest BCUT2D eigenvalue weighted by Gasteiger charge is 2.15. The fraction of sp³-hybridized carbons (Fsp3) is 0.111. The van der Waals surface area contributed by atoms with Gasteiger partial charge in [0.05, 0.1) is 21.4 Å². The molecule has 10 heteroatoms. The minimum absolute atomic E-state index is 0.0719. The third-order valence-electron chi connectivity index (χ3n) is 3.89. The zero-order valence-electron chi connectivity index (χ0n) is 14.7. The van der Waals surface area contributed by atoms with E-state index in [4.69, 9.17) is 34.8 Å². The molecule has 144 valence electrons. The van der Waals surface area contributed by atoms with E-state index in [0.29, 0.717) is 26.1 Å². The zero-order chi connectivity index (χ0) is 20.4. The van der Waals surface area contributed by atoms with Crippen LogP contribution in [0.15, 0.2) is 51.9 Å². The molecule has 0 saturated carbocycles. The van der Waals surface area contributed by atoms with Crippen LogP contribution in [-0.2, 0) is 0 Å². The number of nitro groups is 1. The quantitative estimate of drug-likeness (QED) is 0.279. The summed E-state index contributed by atoms with van der Waals surface area (Å²) < 4.78 is 1.65. The summed E-state index contributed by atoms with van der Waals surface area (Å²) in [7, 11) is 1.66. The van der Waals surface area contributed by atoms with Crippen LogP contribution in [-0.4, -0.2) is 22.4 Å². The lowest BCUT2D eigenvalue weighted by Gasteiger charge is -2.08. The predicted molar refractivity (Wildman–Crippen MR) is 115 cm³/mol. The van der Waals surface area contributed by atoms with Gasteiger partial charge in [-0.2, -0.15) is 5.10 Å². The summed E-state index contributed by atoms with van der Waals surface area (Å²) in [4.78, 5) is 15.5. The molecule has 0 unspecified atom stereocenters. The van der Waals surface area contributed by atoms with E-state index >= 15 is 0 Å². The topological polar surface area (TPSA) is 72.8 Å². The van der Waals surface area contributed by atoms with Gasteiger partial charge in [0.2, 0.25) is 4.80 Å². The fourth-order valence-corrected chi connectivity index (χ4v) is 4.00. The Kier molecular flexibility index (Phi) is 6.20. The number of nitrogens with zero attached hydrogens (tertiary/aromatic N) is 4. The molecule has 1 heterocycles. The smallest absolute Gasteiger partial charge is 0.261 e. The van der Waals surface area contributed by atoms with Gasteiger partial charge in [-0.15, -0.1) is 11.3 Å². The molecule has 6 nitrogen and oxygen atoms in total. The highest BCUT2D eigenvalue weighted by Crippen LogP contribution is 2.31. The number of benzene rings is 2. The van der Waals surface area contributed by atoms with Gasteiger partial charge >= 0.3 is 0 Å². The van der Waals surface area contributed by atoms with Crippen LogP contribution in [0.2, 0.25) is 15.1 Å². The van der Waals surface area contributed by atoms with E-state index < -0.39 is 4.92 Å². The molecule has 0 amide bonds. The molecule has 0 N–H and O–H groups in total. The van der Waals surface area contributed by atoms with Crippen molar-refractivity contribution in [2.75, 3.05) is 7.05 Å². The van der Waals surface area contributed by atoms with Gasteiger partial charge in [0, 0.05) is 34.6 Å². The number of aromatic nitrogens is 1. The summed E-state index contributed by atoms with van der Waals surface area (Å²) in [5.74, 6) is 0. The lowest BCUT2D eigenvalue weighted by molar-refractivity contribution is -0.384. The zero-order valence-corrected chi connectivity index (χ0v) is 17.8. The van der Waals surface area contributed by atoms with Gasteiger partial charge in [-0.3, -0.25) is 15.1 Å². The van der Waals surface area contributed by atoms with Crippen molar-refractivity contribution in [2.24, 2.45) is 10.1 Å². The van der Waals surface area contributed by atoms with Gasteiger partial charge in [0.25, 0.3) is 5.69 Å². The summed E-state index contributed by atoms with van der Waals surface area (Å²) in [6.07, 6.45) is 0. The molecule has 3 aromatic rings. The van der Waals surface area contributed by atoms with Crippen molar-refractivity contribution < 1.29 is 4.92 Å². The number of rotatable bonds is 4. The van der Waals surface area contributed by atoms with Crippen molar-refractivity contribution in [2.45, 2.75) is 6.92 Å². The van der Waals surface area contributed by atoms with E-state index in [1.54, 1.807) is 42.9 Å². The molecular weight excluding hydrogens is 443 g/mol. The van der Waals surface area contributed by atoms with Crippen LogP contribution in [0.3, 0.4) is 0 Å². The first-order valence-corrected chi connectivity index (χ1v) is 9.92. The Balaban J connectivity index is 2.15. The van der Waals surface area contributed by atoms with E-state index in [1.165, 1.54) is 23.5 Å². The molecule has 0 aliphatic carbocycles. The normalized spacial score (nSPS) is 12.5. The number of hydrogen-bond donors (Lipinski definition) is 0. The summed E-state index contributed by atoms with van der Waals surface area (Å²) in [5.41, 5.74) is 2.43. The van der Waals surface area contributed by atoms with Gasteiger partial charge < -0.3 is 0 Å². The summed E-state index contributed by atoms with van der Waals surface area (Å²) in [6.45, 7) is 1.75. The minimum Gasteiger partial charge on any atom is -0.261 e. The largest absolute Gasteiger partial charge is 0.288 e. The second kappa shape index (κ2) is 8.45. The average Bonchev–Trinajstić information content (AvgIpc) is 3.04. The lowest BCUT2D eigenvalue weighted by atomic mass is 10.1. The van der Waals surface area contributed by atoms with Gasteiger partial charge in [0.15, 0.2) is 0 Å². The number of thiazole rings is 1. The molecule has 0 radical (unpaired) electrons. The van der Waals surface area contributed by atoms with E-state index in [-0.39, 0.29) is 10.7 Å². The van der Waals surface area contributed by atoms with Gasteiger partial charge in [-0.05, 0) is 31.2 Å². The molecule has 0 spiro atoms. The Bertz CT molecular complexity index is 1170. The van der Waals surface area contributed by atoms with Crippen LogP contribution in [0.1, 0.15) is 12.5 Å². The number of hydrogen-bond acceptors (Lipinski definition) is 5. The first kappa shape index (κ1) is 20.5. The van der Waals surface area contributed by atoms with Gasteiger partial charge in [-0.1, -0.05) is 40.9 Å². The standard InChI is InChI=1S/C18H13Cl3N4O2S/c1-10(11-3-6-14(20)16(7-11)25(26)27)23-24-17(9-28-18(24)22-2)13-5-4-12(19)8-15(13)21/h3-9H,1-2H3. The molecular formula is C18H13Cl3N4O2S. The van der Waals surface area contributed by atoms with Crippen LogP contribution < -0.4 is 4.80 Å². The van der Waals surface area contributed by atoms with Crippen LogP contribution in [0.4, 0.5) is 5.69 Å². The van der Waals surface area contributed by atoms with E-state index in [0.717, 1.165) is 11.3 Å². The third kappa shape index (κ3) is 4.12. The molecule has 1 aromatic heterocycles. The molecule has 0 saturated heterocycles. The van der Waals surface area contributed by atoms with Gasteiger partial charge in [0.1, 0.15) is 5.02 Å². The second-order valence-electron chi connectivity index (χ2n) is 5.67. The minimum atomic E-state index is -0.525. The van der Waals surface area contributed by atoms with Crippen molar-refractivity contribution >= 4 is 57.5 Å². The Morgan fingerprint density at radius 2 is 1.89 bits per heavy atom. The molecule has 2 aromatic carbocycles. The lowest BCUT2D eigenvalue weighted by Crippen LogP contribution is -2.14. The van der Waals surface area contributed by atoms with Crippen molar-refractivity contribution in [3.63, 3.8) is 0 Å². The highest BCUT2D eigenvalue weighted by molar-refractivity contribution is 7.07. The van der Waals surface area contributed by atoms with Crippen molar-refractivity contribution in [3.05, 3.63) is 77.3 Å². The molecule has 0 aliphatic rings.